The monoisotopic (exact) mass is 470 g/mol. The van der Waals surface area contributed by atoms with Crippen LogP contribution in [0.5, 0.6) is 10.9 Å². The fourth-order valence-corrected chi connectivity index (χ4v) is 4.32. The van der Waals surface area contributed by atoms with Gasteiger partial charge in [0, 0.05) is 23.2 Å². The maximum absolute atomic E-state index is 14.7. The Kier molecular flexibility index (Phi) is 6.81. The molecule has 0 atom stereocenters. The molecule has 0 radical (unpaired) electrons. The van der Waals surface area contributed by atoms with Crippen molar-refractivity contribution in [3.05, 3.63) is 70.7 Å². The van der Waals surface area contributed by atoms with Crippen LogP contribution in [0.1, 0.15) is 16.1 Å². The molecule has 10 heteroatoms. The van der Waals surface area contributed by atoms with E-state index in [0.717, 1.165) is 22.7 Å². The first-order valence-corrected chi connectivity index (χ1v) is 11.5. The fourth-order valence-electron chi connectivity index (χ4n) is 3.03. The number of anilines is 1. The van der Waals surface area contributed by atoms with Crippen molar-refractivity contribution in [1.29, 1.82) is 0 Å². The van der Waals surface area contributed by atoms with Gasteiger partial charge < -0.3 is 9.47 Å². The summed E-state index contributed by atoms with van der Waals surface area (Å²) in [6.07, 6.45) is 5.47. The summed E-state index contributed by atoms with van der Waals surface area (Å²) in [4.78, 5) is 17.2. The van der Waals surface area contributed by atoms with Crippen LogP contribution >= 0.6 is 23.1 Å². The summed E-state index contributed by atoms with van der Waals surface area (Å²) < 4.78 is 25.7. The van der Waals surface area contributed by atoms with Crippen LogP contribution in [0.15, 0.2) is 53.6 Å². The first-order chi connectivity index (χ1) is 15.5. The van der Waals surface area contributed by atoms with E-state index in [-0.39, 0.29) is 16.3 Å². The molecule has 3 heterocycles. The highest BCUT2D eigenvalue weighted by Gasteiger charge is 2.21. The van der Waals surface area contributed by atoms with Crippen LogP contribution in [0.25, 0.3) is 11.1 Å². The Morgan fingerprint density at radius 1 is 1.31 bits per heavy atom. The number of benzene rings is 1. The number of thioether (sulfide) groups is 1. The fraction of sp³-hybridized carbons (Fsp3) is 0.182. The van der Waals surface area contributed by atoms with E-state index in [2.05, 4.69) is 26.6 Å². The summed E-state index contributed by atoms with van der Waals surface area (Å²) in [5.41, 5.74) is 2.45. The summed E-state index contributed by atoms with van der Waals surface area (Å²) in [7, 11) is 1.45. The number of halogens is 1. The maximum Gasteiger partial charge on any atom is 0.296 e. The van der Waals surface area contributed by atoms with E-state index in [1.807, 2.05) is 11.5 Å². The molecule has 3 aromatic rings. The lowest BCUT2D eigenvalue weighted by molar-refractivity contribution is 0.102. The molecule has 1 N–H and O–H groups in total. The van der Waals surface area contributed by atoms with Crippen molar-refractivity contribution >= 4 is 34.1 Å². The van der Waals surface area contributed by atoms with Crippen LogP contribution in [0.4, 0.5) is 9.52 Å². The second kappa shape index (κ2) is 9.92. The van der Waals surface area contributed by atoms with Crippen LogP contribution in [-0.4, -0.2) is 40.6 Å². The largest absolute Gasteiger partial charge is 0.496 e. The number of pyridine rings is 1. The normalized spacial score (nSPS) is 12.9. The second-order valence-corrected chi connectivity index (χ2v) is 8.60. The van der Waals surface area contributed by atoms with Crippen molar-refractivity contribution in [3.8, 4) is 22.1 Å². The molecule has 7 nitrogen and oxygen atoms in total. The lowest BCUT2D eigenvalue weighted by Gasteiger charge is -2.14. The van der Waals surface area contributed by atoms with E-state index < -0.39 is 11.7 Å². The van der Waals surface area contributed by atoms with Crippen molar-refractivity contribution in [2.45, 2.75) is 6.92 Å². The highest BCUT2D eigenvalue weighted by Crippen LogP contribution is 2.35. The minimum atomic E-state index is -0.500. The second-order valence-electron chi connectivity index (χ2n) is 6.72. The number of hydrogen-bond donors (Lipinski definition) is 1. The molecule has 0 unspecified atom stereocenters. The molecule has 2 aromatic heterocycles. The number of aromatic nitrogens is 3. The number of hydrogen-bond acceptors (Lipinski definition) is 8. The molecule has 164 valence electrons. The molecule has 0 aliphatic carbocycles. The van der Waals surface area contributed by atoms with Gasteiger partial charge in [0.05, 0.1) is 18.2 Å². The van der Waals surface area contributed by atoms with Gasteiger partial charge in [0.2, 0.25) is 5.13 Å². The van der Waals surface area contributed by atoms with Crippen molar-refractivity contribution in [3.63, 3.8) is 0 Å². The van der Waals surface area contributed by atoms with E-state index in [0.29, 0.717) is 28.8 Å². The number of ether oxygens (including phenoxy) is 2. The molecule has 0 saturated carbocycles. The van der Waals surface area contributed by atoms with Gasteiger partial charge in [-0.15, -0.1) is 16.9 Å². The Balaban J connectivity index is 1.54. The SMILES string of the molecule is COc1cccc(F)c1-c1cc(C)ncc1C(=O)Nc1nnc(OCC2=CCSC=C2)s1. The quantitative estimate of drug-likeness (QED) is 0.527. The average Bonchev–Trinajstić information content (AvgIpc) is 3.25. The van der Waals surface area contributed by atoms with Gasteiger partial charge >= 0.3 is 0 Å². The number of nitrogens with zero attached hydrogens (tertiary/aromatic N) is 3. The van der Waals surface area contributed by atoms with Gasteiger partial charge in [-0.3, -0.25) is 15.1 Å². The number of carbonyl (C=O) groups is 1. The van der Waals surface area contributed by atoms with Crippen LogP contribution in [0.3, 0.4) is 0 Å². The van der Waals surface area contributed by atoms with Gasteiger partial charge in [-0.25, -0.2) is 4.39 Å². The van der Waals surface area contributed by atoms with Crippen LogP contribution in [0.2, 0.25) is 0 Å². The smallest absolute Gasteiger partial charge is 0.296 e. The third kappa shape index (κ3) is 4.97. The minimum absolute atomic E-state index is 0.187. The standard InChI is InChI=1S/C22H19FN4O3S2/c1-13-10-15(19-17(23)4-3-5-18(19)29-2)16(11-24-13)20(28)25-21-26-27-22(32-21)30-12-14-6-8-31-9-7-14/h3-8,10-11H,9,12H2,1-2H3,(H,25,26,28). The summed E-state index contributed by atoms with van der Waals surface area (Å²) in [5, 5.41) is 13.2. The Bertz CT molecular complexity index is 1210. The number of methoxy groups -OCH3 is 1. The summed E-state index contributed by atoms with van der Waals surface area (Å²) in [6, 6.07) is 6.15. The topological polar surface area (TPSA) is 86.2 Å². The Labute approximate surface area is 192 Å². The molecule has 0 bridgehead atoms. The van der Waals surface area contributed by atoms with Crippen LogP contribution < -0.4 is 14.8 Å². The summed E-state index contributed by atoms with van der Waals surface area (Å²) in [6.45, 7) is 2.14. The number of aryl methyl sites for hydroxylation is 1. The highest BCUT2D eigenvalue weighted by molar-refractivity contribution is 8.02. The molecule has 32 heavy (non-hydrogen) atoms. The van der Waals surface area contributed by atoms with E-state index in [1.54, 1.807) is 36.9 Å². The van der Waals surface area contributed by atoms with Crippen molar-refractivity contribution < 1.29 is 18.7 Å². The molecule has 1 amide bonds. The Morgan fingerprint density at radius 3 is 2.97 bits per heavy atom. The van der Waals surface area contributed by atoms with E-state index >= 15 is 0 Å². The predicted octanol–water partition coefficient (Wildman–Crippen LogP) is 4.87. The van der Waals surface area contributed by atoms with E-state index in [9.17, 15) is 9.18 Å². The molecule has 0 saturated heterocycles. The lowest BCUT2D eigenvalue weighted by Crippen LogP contribution is -2.14. The van der Waals surface area contributed by atoms with Gasteiger partial charge in [-0.05, 0) is 53.5 Å². The van der Waals surface area contributed by atoms with Gasteiger partial charge in [0.25, 0.3) is 11.1 Å². The minimum Gasteiger partial charge on any atom is -0.496 e. The zero-order valence-corrected chi connectivity index (χ0v) is 18.9. The molecule has 4 rings (SSSR count). The lowest BCUT2D eigenvalue weighted by atomic mass is 9.98. The molecule has 0 spiro atoms. The molecule has 1 aliphatic heterocycles. The van der Waals surface area contributed by atoms with E-state index in [1.165, 1.54) is 19.4 Å². The molecule has 0 fully saturated rings. The van der Waals surface area contributed by atoms with E-state index in [4.69, 9.17) is 9.47 Å². The average molecular weight is 471 g/mol. The van der Waals surface area contributed by atoms with Crippen molar-refractivity contribution in [1.82, 2.24) is 15.2 Å². The van der Waals surface area contributed by atoms with Gasteiger partial charge in [-0.1, -0.05) is 17.2 Å². The van der Waals surface area contributed by atoms with Crippen molar-refractivity contribution in [2.24, 2.45) is 0 Å². The zero-order chi connectivity index (χ0) is 22.5. The molecule has 1 aliphatic rings. The van der Waals surface area contributed by atoms with Gasteiger partial charge in [0.15, 0.2) is 0 Å². The molecule has 1 aromatic carbocycles. The first-order valence-electron chi connectivity index (χ1n) is 9.59. The number of carbonyl (C=O) groups excluding carboxylic acids is 1. The summed E-state index contributed by atoms with van der Waals surface area (Å²) >= 11 is 2.82. The van der Waals surface area contributed by atoms with Crippen molar-refractivity contribution in [2.75, 3.05) is 24.8 Å². The van der Waals surface area contributed by atoms with Crippen LogP contribution in [-0.2, 0) is 0 Å². The zero-order valence-electron chi connectivity index (χ0n) is 17.3. The molecular formula is C22H19FN4O3S2. The molecular weight excluding hydrogens is 451 g/mol. The first kappa shape index (κ1) is 22.0. The highest BCUT2D eigenvalue weighted by atomic mass is 32.2. The Hall–Kier alpha value is -3.24. The maximum atomic E-state index is 14.7. The number of rotatable bonds is 7. The van der Waals surface area contributed by atoms with Gasteiger partial charge in [0.1, 0.15) is 18.2 Å². The summed E-state index contributed by atoms with van der Waals surface area (Å²) in [5.74, 6) is 0.239. The third-order valence-electron chi connectivity index (χ3n) is 4.56. The third-order valence-corrected chi connectivity index (χ3v) is 6.00. The predicted molar refractivity (Wildman–Crippen MR) is 124 cm³/mol. The Morgan fingerprint density at radius 2 is 2.19 bits per heavy atom. The van der Waals surface area contributed by atoms with Crippen LogP contribution in [0, 0.1) is 12.7 Å². The van der Waals surface area contributed by atoms with Gasteiger partial charge in [-0.2, -0.15) is 0 Å². The number of nitrogens with one attached hydrogen (secondary N) is 1. The number of amides is 1.